The van der Waals surface area contributed by atoms with Crippen LogP contribution in [0.2, 0.25) is 5.02 Å². The number of carbonyl (C=O) groups is 3. The summed E-state index contributed by atoms with van der Waals surface area (Å²) in [7, 11) is 4.07. The van der Waals surface area contributed by atoms with Gasteiger partial charge in [-0.15, -0.1) is 0 Å². The van der Waals surface area contributed by atoms with E-state index in [4.69, 9.17) is 21.1 Å². The van der Waals surface area contributed by atoms with Crippen LogP contribution in [0.1, 0.15) is 5.56 Å². The second-order valence-electron chi connectivity index (χ2n) is 4.64. The topological polar surface area (TPSA) is 82.1 Å². The summed E-state index contributed by atoms with van der Waals surface area (Å²) >= 11 is 7.00. The van der Waals surface area contributed by atoms with Crippen LogP contribution in [-0.4, -0.2) is 49.9 Å². The number of hydrogen-bond donors (Lipinski definition) is 0. The third-order valence-corrected chi connectivity index (χ3v) is 4.34. The number of likely N-dealkylation sites (N-methyl/N-ethyl adjacent to an activating group) is 1. The van der Waals surface area contributed by atoms with Crippen molar-refractivity contribution < 1.29 is 28.6 Å². The largest absolute Gasteiger partial charge is 0.493 e. The van der Waals surface area contributed by atoms with Crippen molar-refractivity contribution in [1.82, 2.24) is 4.90 Å². The minimum Gasteiger partial charge on any atom is -0.493 e. The summed E-state index contributed by atoms with van der Waals surface area (Å²) in [6, 6.07) is 3.13. The summed E-state index contributed by atoms with van der Waals surface area (Å²) in [5.74, 6) is -0.474. The van der Waals surface area contributed by atoms with Gasteiger partial charge in [0, 0.05) is 7.05 Å². The Morgan fingerprint density at radius 1 is 1.33 bits per heavy atom. The summed E-state index contributed by atoms with van der Waals surface area (Å²) in [5.41, 5.74) is 0.557. The van der Waals surface area contributed by atoms with Crippen LogP contribution >= 0.6 is 23.4 Å². The number of benzene rings is 1. The highest BCUT2D eigenvalue weighted by molar-refractivity contribution is 8.18. The third-order valence-electron chi connectivity index (χ3n) is 3.10. The van der Waals surface area contributed by atoms with Crippen molar-refractivity contribution in [2.75, 3.05) is 27.9 Å². The molecule has 0 radical (unpaired) electrons. The minimum absolute atomic E-state index is 0.185. The lowest BCUT2D eigenvalue weighted by atomic mass is 10.2. The van der Waals surface area contributed by atoms with E-state index in [1.54, 1.807) is 12.1 Å². The van der Waals surface area contributed by atoms with E-state index in [2.05, 4.69) is 4.74 Å². The van der Waals surface area contributed by atoms with Gasteiger partial charge in [-0.3, -0.25) is 14.5 Å². The molecule has 24 heavy (non-hydrogen) atoms. The van der Waals surface area contributed by atoms with Crippen molar-refractivity contribution in [1.29, 1.82) is 0 Å². The quantitative estimate of drug-likeness (QED) is 0.581. The van der Waals surface area contributed by atoms with Crippen molar-refractivity contribution in [3.8, 4) is 11.5 Å². The highest BCUT2D eigenvalue weighted by Crippen LogP contribution is 2.38. The lowest BCUT2D eigenvalue weighted by Gasteiger charge is -2.12. The average Bonchev–Trinajstić information content (AvgIpc) is 2.80. The van der Waals surface area contributed by atoms with Gasteiger partial charge in [0.05, 0.1) is 24.1 Å². The molecule has 0 aromatic heterocycles. The van der Waals surface area contributed by atoms with Gasteiger partial charge in [-0.2, -0.15) is 0 Å². The molecule has 1 saturated heterocycles. The molecule has 128 valence electrons. The van der Waals surface area contributed by atoms with Crippen LogP contribution in [0.4, 0.5) is 4.79 Å². The summed E-state index contributed by atoms with van der Waals surface area (Å²) in [4.78, 5) is 35.9. The van der Waals surface area contributed by atoms with Crippen LogP contribution in [-0.2, 0) is 14.3 Å². The van der Waals surface area contributed by atoms with E-state index < -0.39 is 5.97 Å². The van der Waals surface area contributed by atoms with Crippen molar-refractivity contribution in [2.24, 2.45) is 0 Å². The molecule has 1 aliphatic rings. The maximum Gasteiger partial charge on any atom is 0.343 e. The molecule has 0 bridgehead atoms. The fraction of sp³-hybridized carbons (Fsp3) is 0.267. The number of rotatable bonds is 5. The predicted molar refractivity (Wildman–Crippen MR) is 89.2 cm³/mol. The van der Waals surface area contributed by atoms with Crippen LogP contribution in [0.3, 0.4) is 0 Å². The van der Waals surface area contributed by atoms with Crippen LogP contribution in [0.15, 0.2) is 17.0 Å². The Morgan fingerprint density at radius 2 is 2.04 bits per heavy atom. The van der Waals surface area contributed by atoms with Crippen LogP contribution in [0, 0.1) is 0 Å². The second-order valence-corrected chi connectivity index (χ2v) is 6.04. The monoisotopic (exact) mass is 371 g/mol. The molecular weight excluding hydrogens is 358 g/mol. The van der Waals surface area contributed by atoms with Gasteiger partial charge in [-0.05, 0) is 35.5 Å². The van der Waals surface area contributed by atoms with Gasteiger partial charge in [0.15, 0.2) is 18.1 Å². The SMILES string of the molecule is COC(=O)COc1c(Cl)cc(/C=C2/SC(=O)N(C)C2=O)cc1OC. The fourth-order valence-electron chi connectivity index (χ4n) is 1.85. The normalized spacial score (nSPS) is 15.8. The molecule has 2 rings (SSSR count). The zero-order chi connectivity index (χ0) is 17.9. The number of halogens is 1. The van der Waals surface area contributed by atoms with Crippen molar-refractivity contribution in [3.63, 3.8) is 0 Å². The first-order valence-corrected chi connectivity index (χ1v) is 7.85. The standard InChI is InChI=1S/C15H14ClNO6S/c1-17-14(19)11(24-15(17)20)6-8-4-9(16)13(10(5-8)21-2)23-7-12(18)22-3/h4-6H,7H2,1-3H3/b11-6+. The smallest absolute Gasteiger partial charge is 0.343 e. The lowest BCUT2D eigenvalue weighted by Crippen LogP contribution is -2.22. The van der Waals surface area contributed by atoms with Crippen LogP contribution in [0.5, 0.6) is 11.5 Å². The number of hydrogen-bond acceptors (Lipinski definition) is 7. The molecule has 0 N–H and O–H groups in total. The van der Waals surface area contributed by atoms with E-state index >= 15 is 0 Å². The molecule has 0 unspecified atom stereocenters. The maximum atomic E-state index is 11.9. The first kappa shape index (κ1) is 18.2. The molecule has 0 spiro atoms. The molecule has 1 fully saturated rings. The first-order chi connectivity index (χ1) is 11.4. The number of nitrogens with zero attached hydrogens (tertiary/aromatic N) is 1. The zero-order valence-corrected chi connectivity index (χ0v) is 14.7. The van der Waals surface area contributed by atoms with Crippen molar-refractivity contribution in [2.45, 2.75) is 0 Å². The van der Waals surface area contributed by atoms with Gasteiger partial charge in [0.2, 0.25) is 0 Å². The molecular formula is C15H14ClNO6S. The molecule has 1 aliphatic heterocycles. The summed E-state index contributed by atoms with van der Waals surface area (Å²) in [6.07, 6.45) is 1.53. The van der Waals surface area contributed by atoms with E-state index in [9.17, 15) is 14.4 Å². The zero-order valence-electron chi connectivity index (χ0n) is 13.1. The molecule has 2 amide bonds. The van der Waals surface area contributed by atoms with Crippen molar-refractivity contribution in [3.05, 3.63) is 27.6 Å². The Bertz CT molecular complexity index is 733. The van der Waals surface area contributed by atoms with Gasteiger partial charge in [0.1, 0.15) is 0 Å². The summed E-state index contributed by atoms with van der Waals surface area (Å²) in [6.45, 7) is -0.319. The molecule has 1 aromatic rings. The van der Waals surface area contributed by atoms with Crippen molar-refractivity contribution >= 4 is 46.6 Å². The summed E-state index contributed by atoms with van der Waals surface area (Å²) in [5, 5.41) is -0.150. The van der Waals surface area contributed by atoms with Gasteiger partial charge in [-0.1, -0.05) is 11.6 Å². The molecule has 0 atom stereocenters. The van der Waals surface area contributed by atoms with Gasteiger partial charge >= 0.3 is 5.97 Å². The van der Waals surface area contributed by atoms with E-state index in [1.165, 1.54) is 27.3 Å². The maximum absolute atomic E-state index is 11.9. The van der Waals surface area contributed by atoms with E-state index in [-0.39, 0.29) is 39.2 Å². The lowest BCUT2D eigenvalue weighted by molar-refractivity contribution is -0.142. The summed E-state index contributed by atoms with van der Waals surface area (Å²) < 4.78 is 15.0. The predicted octanol–water partition coefficient (Wildman–Crippen LogP) is 2.57. The van der Waals surface area contributed by atoms with E-state index in [1.807, 2.05) is 0 Å². The Hall–Kier alpha value is -2.19. The first-order valence-electron chi connectivity index (χ1n) is 6.66. The molecule has 9 heteroatoms. The highest BCUT2D eigenvalue weighted by Gasteiger charge is 2.31. The highest BCUT2D eigenvalue weighted by atomic mass is 35.5. The molecule has 1 aromatic carbocycles. The molecule has 1 heterocycles. The Kier molecular flexibility index (Phi) is 5.74. The van der Waals surface area contributed by atoms with Gasteiger partial charge in [0.25, 0.3) is 11.1 Å². The number of esters is 1. The number of thioether (sulfide) groups is 1. The Balaban J connectivity index is 2.31. The molecule has 0 aliphatic carbocycles. The number of amides is 2. The van der Waals surface area contributed by atoms with Crippen LogP contribution in [0.25, 0.3) is 6.08 Å². The van der Waals surface area contributed by atoms with E-state index in [0.29, 0.717) is 5.56 Å². The average molecular weight is 372 g/mol. The second kappa shape index (κ2) is 7.59. The van der Waals surface area contributed by atoms with Gasteiger partial charge < -0.3 is 14.2 Å². The van der Waals surface area contributed by atoms with E-state index in [0.717, 1.165) is 16.7 Å². The van der Waals surface area contributed by atoms with Gasteiger partial charge in [-0.25, -0.2) is 4.79 Å². The number of carbonyl (C=O) groups excluding carboxylic acids is 3. The molecule has 7 nitrogen and oxygen atoms in total. The van der Waals surface area contributed by atoms with Crippen LogP contribution < -0.4 is 9.47 Å². The number of methoxy groups -OCH3 is 2. The number of imide groups is 1. The number of ether oxygens (including phenoxy) is 3. The Labute approximate surface area is 147 Å². The Morgan fingerprint density at radius 3 is 2.58 bits per heavy atom. The fourth-order valence-corrected chi connectivity index (χ4v) is 2.95. The minimum atomic E-state index is -0.561. The third kappa shape index (κ3) is 3.82. The molecule has 0 saturated carbocycles.